The number of carbonyl (C=O) groups excluding carboxylic acids is 2. The summed E-state index contributed by atoms with van der Waals surface area (Å²) in [6, 6.07) is -1.69. The van der Waals surface area contributed by atoms with E-state index in [0.29, 0.717) is 12.8 Å². The summed E-state index contributed by atoms with van der Waals surface area (Å²) in [6.45, 7) is 1.32. The van der Waals surface area contributed by atoms with Crippen LogP contribution in [-0.4, -0.2) is 39.5 Å². The molecule has 2 aliphatic rings. The van der Waals surface area contributed by atoms with E-state index in [9.17, 15) is 14.4 Å². The van der Waals surface area contributed by atoms with E-state index in [2.05, 4.69) is 5.32 Å². The lowest BCUT2D eigenvalue weighted by atomic mass is 10.2. The molecule has 0 aromatic heterocycles. The number of carboxylic acids is 1. The van der Waals surface area contributed by atoms with Crippen LogP contribution in [-0.2, 0) is 9.59 Å². The first kappa shape index (κ1) is 8.98. The second kappa shape index (κ2) is 2.46. The summed E-state index contributed by atoms with van der Waals surface area (Å²) in [5.74, 6) is -1.58. The number of imide groups is 1. The summed E-state index contributed by atoms with van der Waals surface area (Å²) in [7, 11) is 0. The van der Waals surface area contributed by atoms with Gasteiger partial charge in [0.2, 0.25) is 0 Å². The number of carbonyl (C=O) groups is 3. The van der Waals surface area contributed by atoms with E-state index in [4.69, 9.17) is 5.11 Å². The predicted molar refractivity (Wildman–Crippen MR) is 44.4 cm³/mol. The van der Waals surface area contributed by atoms with E-state index in [1.807, 2.05) is 0 Å². The number of carboxylic acid groups (broad SMARTS) is 1. The molecule has 0 radical (unpaired) electrons. The van der Waals surface area contributed by atoms with Crippen LogP contribution >= 0.6 is 0 Å². The third-order valence-electron chi connectivity index (χ3n) is 2.69. The van der Waals surface area contributed by atoms with Crippen molar-refractivity contribution in [1.82, 2.24) is 10.2 Å². The second-order valence-corrected chi connectivity index (χ2v) is 3.70. The maximum atomic E-state index is 11.6. The molecule has 2 N–H and O–H groups in total. The highest BCUT2D eigenvalue weighted by Crippen LogP contribution is 2.41. The van der Waals surface area contributed by atoms with Crippen LogP contribution in [0, 0.1) is 0 Å². The Bertz CT molecular complexity index is 334. The predicted octanol–water partition coefficient (Wildman–Crippen LogP) is -0.456. The van der Waals surface area contributed by atoms with Gasteiger partial charge in [0, 0.05) is 0 Å². The minimum absolute atomic E-state index is 0.405. The van der Waals surface area contributed by atoms with E-state index in [1.54, 1.807) is 0 Å². The van der Waals surface area contributed by atoms with Crippen LogP contribution < -0.4 is 5.32 Å². The van der Waals surface area contributed by atoms with Gasteiger partial charge < -0.3 is 10.4 Å². The number of aliphatic carboxylic acids is 1. The maximum absolute atomic E-state index is 11.6. The molecule has 2 rings (SSSR count). The zero-order valence-corrected chi connectivity index (χ0v) is 7.61. The van der Waals surface area contributed by atoms with Gasteiger partial charge in [-0.1, -0.05) is 0 Å². The van der Waals surface area contributed by atoms with Crippen LogP contribution in [0.1, 0.15) is 19.8 Å². The minimum atomic E-state index is -1.17. The molecule has 1 spiro atoms. The first-order valence-electron chi connectivity index (χ1n) is 4.36. The van der Waals surface area contributed by atoms with E-state index in [1.165, 1.54) is 6.92 Å². The fourth-order valence-corrected chi connectivity index (χ4v) is 1.57. The standard InChI is InChI=1S/C8H10N2O4/c1-4(5(11)12)10-6(13)8(2-3-8)9-7(10)14/h4H,2-3H2,1H3,(H,9,14)(H,11,12). The molecule has 6 nitrogen and oxygen atoms in total. The van der Waals surface area contributed by atoms with Gasteiger partial charge >= 0.3 is 12.0 Å². The molecule has 3 amide bonds. The molecule has 1 saturated carbocycles. The third kappa shape index (κ3) is 0.997. The van der Waals surface area contributed by atoms with Crippen molar-refractivity contribution in [3.8, 4) is 0 Å². The molecule has 0 aromatic rings. The molecule has 1 heterocycles. The molecule has 76 valence electrons. The number of hydrogen-bond acceptors (Lipinski definition) is 3. The first-order chi connectivity index (χ1) is 6.48. The molecule has 1 saturated heterocycles. The van der Waals surface area contributed by atoms with Crippen molar-refractivity contribution in [2.75, 3.05) is 0 Å². The summed E-state index contributed by atoms with van der Waals surface area (Å²) in [6.07, 6.45) is 1.22. The molecular weight excluding hydrogens is 188 g/mol. The zero-order valence-electron chi connectivity index (χ0n) is 7.61. The molecule has 0 bridgehead atoms. The van der Waals surface area contributed by atoms with Gasteiger partial charge in [0.15, 0.2) is 0 Å². The summed E-state index contributed by atoms with van der Waals surface area (Å²) >= 11 is 0. The largest absolute Gasteiger partial charge is 0.480 e. The van der Waals surface area contributed by atoms with Crippen molar-refractivity contribution in [3.63, 3.8) is 0 Å². The fourth-order valence-electron chi connectivity index (χ4n) is 1.57. The van der Waals surface area contributed by atoms with Gasteiger partial charge in [-0.15, -0.1) is 0 Å². The van der Waals surface area contributed by atoms with Crippen LogP contribution in [0.15, 0.2) is 0 Å². The quantitative estimate of drug-likeness (QED) is 0.588. The van der Waals surface area contributed by atoms with E-state index < -0.39 is 29.5 Å². The smallest absolute Gasteiger partial charge is 0.326 e. The number of rotatable bonds is 2. The Hall–Kier alpha value is -1.59. The number of amides is 3. The lowest BCUT2D eigenvalue weighted by Crippen LogP contribution is -2.43. The lowest BCUT2D eigenvalue weighted by Gasteiger charge is -2.16. The average Bonchev–Trinajstić information content (AvgIpc) is 2.80. The van der Waals surface area contributed by atoms with Crippen LogP contribution in [0.4, 0.5) is 4.79 Å². The van der Waals surface area contributed by atoms with Gasteiger partial charge in [0.25, 0.3) is 5.91 Å². The SMILES string of the molecule is CC(C(=O)O)N1C(=O)NC2(CC2)C1=O. The van der Waals surface area contributed by atoms with Gasteiger partial charge in [-0.3, -0.25) is 4.79 Å². The monoisotopic (exact) mass is 198 g/mol. The van der Waals surface area contributed by atoms with Gasteiger partial charge in [-0.05, 0) is 19.8 Å². The van der Waals surface area contributed by atoms with Crippen molar-refractivity contribution in [2.45, 2.75) is 31.3 Å². The van der Waals surface area contributed by atoms with Gasteiger partial charge in [-0.25, -0.2) is 14.5 Å². The maximum Gasteiger partial charge on any atom is 0.326 e. The van der Waals surface area contributed by atoms with Crippen molar-refractivity contribution in [3.05, 3.63) is 0 Å². The Balaban J connectivity index is 2.24. The number of hydrogen-bond donors (Lipinski definition) is 2. The van der Waals surface area contributed by atoms with Crippen molar-refractivity contribution >= 4 is 17.9 Å². The average molecular weight is 198 g/mol. The summed E-state index contributed by atoms with van der Waals surface area (Å²) in [4.78, 5) is 34.4. The molecule has 6 heteroatoms. The summed E-state index contributed by atoms with van der Waals surface area (Å²) in [5, 5.41) is 11.2. The third-order valence-corrected chi connectivity index (χ3v) is 2.69. The zero-order chi connectivity index (χ0) is 10.5. The Morgan fingerprint density at radius 3 is 2.50 bits per heavy atom. The topological polar surface area (TPSA) is 86.7 Å². The van der Waals surface area contributed by atoms with Crippen LogP contribution in [0.3, 0.4) is 0 Å². The molecule has 1 atom stereocenters. The molecule has 14 heavy (non-hydrogen) atoms. The molecule has 0 aromatic carbocycles. The van der Waals surface area contributed by atoms with Crippen molar-refractivity contribution < 1.29 is 19.5 Å². The van der Waals surface area contributed by atoms with Crippen molar-refractivity contribution in [1.29, 1.82) is 0 Å². The number of urea groups is 1. The normalized spacial score (nSPS) is 25.1. The van der Waals surface area contributed by atoms with Crippen LogP contribution in [0.2, 0.25) is 0 Å². The molecule has 1 aliphatic carbocycles. The Labute approximate surface area is 79.9 Å². The number of nitrogens with zero attached hydrogens (tertiary/aromatic N) is 1. The lowest BCUT2D eigenvalue weighted by molar-refractivity contribution is -0.146. The number of nitrogens with one attached hydrogen (secondary N) is 1. The molecule has 1 aliphatic heterocycles. The second-order valence-electron chi connectivity index (χ2n) is 3.70. The Kier molecular flexibility index (Phi) is 1.58. The van der Waals surface area contributed by atoms with Gasteiger partial charge in [-0.2, -0.15) is 0 Å². The highest BCUT2D eigenvalue weighted by Gasteiger charge is 2.61. The Morgan fingerprint density at radius 1 is 1.57 bits per heavy atom. The van der Waals surface area contributed by atoms with E-state index in [0.717, 1.165) is 4.90 Å². The summed E-state index contributed by atoms with van der Waals surface area (Å²) < 4.78 is 0. The highest BCUT2D eigenvalue weighted by atomic mass is 16.4. The molecule has 2 fully saturated rings. The van der Waals surface area contributed by atoms with E-state index >= 15 is 0 Å². The van der Waals surface area contributed by atoms with Gasteiger partial charge in [0.05, 0.1) is 0 Å². The molecule has 1 unspecified atom stereocenters. The van der Waals surface area contributed by atoms with Crippen molar-refractivity contribution in [2.24, 2.45) is 0 Å². The first-order valence-corrected chi connectivity index (χ1v) is 4.36. The minimum Gasteiger partial charge on any atom is -0.480 e. The summed E-state index contributed by atoms with van der Waals surface area (Å²) in [5.41, 5.74) is -0.763. The highest BCUT2D eigenvalue weighted by molar-refractivity contribution is 6.10. The molecular formula is C8H10N2O4. The Morgan fingerprint density at radius 2 is 2.14 bits per heavy atom. The van der Waals surface area contributed by atoms with Crippen LogP contribution in [0.5, 0.6) is 0 Å². The van der Waals surface area contributed by atoms with Gasteiger partial charge in [0.1, 0.15) is 11.6 Å². The van der Waals surface area contributed by atoms with Crippen LogP contribution in [0.25, 0.3) is 0 Å². The van der Waals surface area contributed by atoms with E-state index in [-0.39, 0.29) is 0 Å². The fraction of sp³-hybridized carbons (Fsp3) is 0.625.